The first kappa shape index (κ1) is 21.7. The molecule has 2 heterocycles. The summed E-state index contributed by atoms with van der Waals surface area (Å²) in [4.78, 5) is 20.8. The van der Waals surface area contributed by atoms with E-state index >= 15 is 0 Å². The summed E-state index contributed by atoms with van der Waals surface area (Å²) in [5.41, 5.74) is 5.06. The minimum atomic E-state index is -4.55. The van der Waals surface area contributed by atoms with E-state index in [4.69, 9.17) is 15.2 Å². The summed E-state index contributed by atoms with van der Waals surface area (Å²) in [5, 5.41) is 0. The Kier molecular flexibility index (Phi) is 6.06. The Morgan fingerprint density at radius 3 is 2.80 bits per heavy atom. The number of ketones is 1. The standard InChI is InChI=1S/C20H19F4N3O3/c1-19(10-29-9-17(25)27-19)13-7-12(4-5-14(13)21)8-15(28)18-16(3-2-6-26-18)30-11-20(22,23)24/h2-7H,8-11H2,1H3,(H2,25,27)/t19-/m0/s1. The number of Topliss-reactive ketones (excluding diaryl/α,β-unsaturated/α-hetero) is 1. The number of pyridine rings is 1. The number of nitrogens with zero attached hydrogens (tertiary/aromatic N) is 2. The summed E-state index contributed by atoms with van der Waals surface area (Å²) in [5.74, 6) is -1.15. The largest absolute Gasteiger partial charge is 0.482 e. The lowest BCUT2D eigenvalue weighted by molar-refractivity contribution is -0.153. The maximum atomic E-state index is 14.5. The van der Waals surface area contributed by atoms with Crippen molar-refractivity contribution >= 4 is 11.6 Å². The fraction of sp³-hybridized carbons (Fsp3) is 0.350. The Labute approximate surface area is 169 Å². The second-order valence-corrected chi connectivity index (χ2v) is 7.04. The van der Waals surface area contributed by atoms with E-state index in [0.717, 1.165) is 0 Å². The Morgan fingerprint density at radius 2 is 2.10 bits per heavy atom. The van der Waals surface area contributed by atoms with E-state index in [1.807, 2.05) is 0 Å². The average Bonchev–Trinajstić information content (AvgIpc) is 2.67. The van der Waals surface area contributed by atoms with Crippen LogP contribution in [0.2, 0.25) is 0 Å². The Bertz CT molecular complexity index is 978. The van der Waals surface area contributed by atoms with E-state index in [1.165, 1.54) is 36.5 Å². The number of amidine groups is 1. The smallest absolute Gasteiger partial charge is 0.422 e. The number of ether oxygens (including phenoxy) is 2. The molecule has 1 atom stereocenters. The number of carbonyl (C=O) groups excluding carboxylic acids is 1. The third-order valence-corrected chi connectivity index (χ3v) is 4.43. The fourth-order valence-corrected chi connectivity index (χ4v) is 3.11. The molecule has 1 aromatic carbocycles. The van der Waals surface area contributed by atoms with Gasteiger partial charge in [0.25, 0.3) is 0 Å². The van der Waals surface area contributed by atoms with Crippen LogP contribution in [-0.2, 0) is 16.7 Å². The molecule has 0 aliphatic carbocycles. The van der Waals surface area contributed by atoms with Crippen molar-refractivity contribution in [2.75, 3.05) is 19.8 Å². The molecule has 0 unspecified atom stereocenters. The van der Waals surface area contributed by atoms with Gasteiger partial charge >= 0.3 is 6.18 Å². The number of hydrogen-bond donors (Lipinski definition) is 1. The van der Waals surface area contributed by atoms with Gasteiger partial charge in [0.1, 0.15) is 35.2 Å². The van der Waals surface area contributed by atoms with Crippen molar-refractivity contribution in [3.63, 3.8) is 0 Å². The fourth-order valence-electron chi connectivity index (χ4n) is 3.11. The Morgan fingerprint density at radius 1 is 1.33 bits per heavy atom. The number of rotatable bonds is 6. The highest BCUT2D eigenvalue weighted by molar-refractivity contribution is 5.98. The minimum absolute atomic E-state index is 0.109. The van der Waals surface area contributed by atoms with E-state index in [2.05, 4.69) is 9.98 Å². The third-order valence-electron chi connectivity index (χ3n) is 4.43. The van der Waals surface area contributed by atoms with Gasteiger partial charge in [-0.05, 0) is 36.8 Å². The van der Waals surface area contributed by atoms with E-state index in [0.29, 0.717) is 5.56 Å². The highest BCUT2D eigenvalue weighted by Crippen LogP contribution is 2.31. The van der Waals surface area contributed by atoms with Crippen molar-refractivity contribution in [3.05, 3.63) is 59.2 Å². The molecule has 30 heavy (non-hydrogen) atoms. The first-order valence-electron chi connectivity index (χ1n) is 8.96. The zero-order chi connectivity index (χ0) is 21.9. The van der Waals surface area contributed by atoms with E-state index < -0.39 is 29.9 Å². The number of hydrogen-bond acceptors (Lipinski definition) is 6. The van der Waals surface area contributed by atoms with Crippen molar-refractivity contribution in [1.29, 1.82) is 0 Å². The van der Waals surface area contributed by atoms with Crippen LogP contribution in [0, 0.1) is 5.82 Å². The van der Waals surface area contributed by atoms with Gasteiger partial charge in [-0.15, -0.1) is 0 Å². The molecular formula is C20H19F4N3O3. The van der Waals surface area contributed by atoms with E-state index in [-0.39, 0.29) is 42.5 Å². The SMILES string of the molecule is C[C@@]1(c2cc(CC(=O)c3ncccc3OCC(F)(F)F)ccc2F)COCC(N)=N1. The second-order valence-electron chi connectivity index (χ2n) is 7.04. The lowest BCUT2D eigenvalue weighted by atomic mass is 9.90. The van der Waals surface area contributed by atoms with Crippen LogP contribution < -0.4 is 10.5 Å². The molecule has 1 aliphatic heterocycles. The first-order chi connectivity index (χ1) is 14.1. The number of alkyl halides is 3. The van der Waals surface area contributed by atoms with Crippen LogP contribution in [0.4, 0.5) is 17.6 Å². The van der Waals surface area contributed by atoms with Gasteiger partial charge in [0.2, 0.25) is 0 Å². The molecule has 0 fully saturated rings. The molecule has 3 rings (SSSR count). The van der Waals surface area contributed by atoms with Crippen molar-refractivity contribution in [1.82, 2.24) is 4.98 Å². The molecule has 10 heteroatoms. The van der Waals surface area contributed by atoms with Crippen molar-refractivity contribution < 1.29 is 31.8 Å². The van der Waals surface area contributed by atoms with Crippen molar-refractivity contribution in [3.8, 4) is 5.75 Å². The van der Waals surface area contributed by atoms with Gasteiger partial charge in [-0.1, -0.05) is 6.07 Å². The predicted molar refractivity (Wildman–Crippen MR) is 100 cm³/mol. The quantitative estimate of drug-likeness (QED) is 0.568. The molecule has 1 aliphatic rings. The summed E-state index contributed by atoms with van der Waals surface area (Å²) in [6, 6.07) is 6.68. The number of nitrogens with two attached hydrogens (primary N) is 1. The molecule has 0 radical (unpaired) electrons. The van der Waals surface area contributed by atoms with Gasteiger partial charge in [0.05, 0.1) is 6.61 Å². The first-order valence-corrected chi connectivity index (χ1v) is 8.96. The van der Waals surface area contributed by atoms with Gasteiger partial charge in [-0.3, -0.25) is 9.79 Å². The second kappa shape index (κ2) is 8.39. The number of carbonyl (C=O) groups is 1. The third kappa shape index (κ3) is 5.12. The molecule has 6 nitrogen and oxygen atoms in total. The molecule has 160 valence electrons. The molecule has 0 amide bonds. The normalized spacial score (nSPS) is 19.3. The van der Waals surface area contributed by atoms with Gasteiger partial charge in [0.15, 0.2) is 12.4 Å². The van der Waals surface area contributed by atoms with Crippen molar-refractivity contribution in [2.24, 2.45) is 10.7 Å². The summed E-state index contributed by atoms with van der Waals surface area (Å²) in [6.07, 6.45) is -3.49. The van der Waals surface area contributed by atoms with Gasteiger partial charge in [-0.25, -0.2) is 9.37 Å². The predicted octanol–water partition coefficient (Wildman–Crippen LogP) is 3.19. The monoisotopic (exact) mass is 425 g/mol. The summed E-state index contributed by atoms with van der Waals surface area (Å²) in [6.45, 7) is 0.371. The van der Waals surface area contributed by atoms with Crippen molar-refractivity contribution in [2.45, 2.75) is 25.1 Å². The molecule has 0 spiro atoms. The zero-order valence-corrected chi connectivity index (χ0v) is 16.0. The molecule has 2 N–H and O–H groups in total. The van der Waals surface area contributed by atoms with Crippen LogP contribution in [0.15, 0.2) is 41.5 Å². The minimum Gasteiger partial charge on any atom is -0.482 e. The number of aromatic nitrogens is 1. The molecule has 0 bridgehead atoms. The topological polar surface area (TPSA) is 86.8 Å². The highest BCUT2D eigenvalue weighted by atomic mass is 19.4. The lowest BCUT2D eigenvalue weighted by Gasteiger charge is -2.30. The number of halogens is 4. The van der Waals surface area contributed by atoms with Crippen LogP contribution >= 0.6 is 0 Å². The Balaban J connectivity index is 1.84. The van der Waals surface area contributed by atoms with Crippen LogP contribution in [0.1, 0.15) is 28.5 Å². The highest BCUT2D eigenvalue weighted by Gasteiger charge is 2.33. The zero-order valence-electron chi connectivity index (χ0n) is 16.0. The summed E-state index contributed by atoms with van der Waals surface area (Å²) < 4.78 is 61.9. The average molecular weight is 425 g/mol. The molecule has 0 saturated carbocycles. The van der Waals surface area contributed by atoms with Crippen LogP contribution in [0.5, 0.6) is 5.75 Å². The molecule has 0 saturated heterocycles. The van der Waals surface area contributed by atoms with E-state index in [9.17, 15) is 22.4 Å². The van der Waals surface area contributed by atoms with Gasteiger partial charge in [0, 0.05) is 18.2 Å². The summed E-state index contributed by atoms with van der Waals surface area (Å²) >= 11 is 0. The van der Waals surface area contributed by atoms with Crippen LogP contribution in [-0.4, -0.2) is 42.6 Å². The number of benzene rings is 1. The molecule has 1 aromatic heterocycles. The number of aliphatic imine (C=N–C) groups is 1. The van der Waals surface area contributed by atoms with E-state index in [1.54, 1.807) is 6.92 Å². The molecular weight excluding hydrogens is 406 g/mol. The molecule has 2 aromatic rings. The maximum Gasteiger partial charge on any atom is 0.422 e. The Hall–Kier alpha value is -3.01. The lowest BCUT2D eigenvalue weighted by Crippen LogP contribution is -2.38. The summed E-state index contributed by atoms with van der Waals surface area (Å²) in [7, 11) is 0. The van der Waals surface area contributed by atoms with Crippen LogP contribution in [0.25, 0.3) is 0 Å². The van der Waals surface area contributed by atoms with Gasteiger partial charge in [-0.2, -0.15) is 13.2 Å². The van der Waals surface area contributed by atoms with Crippen LogP contribution in [0.3, 0.4) is 0 Å². The van der Waals surface area contributed by atoms with Gasteiger partial charge < -0.3 is 15.2 Å². The maximum absolute atomic E-state index is 14.5.